The van der Waals surface area contributed by atoms with Crippen LogP contribution in [0.5, 0.6) is 0 Å². The molecule has 1 amide bonds. The molecule has 1 aromatic carbocycles. The Morgan fingerprint density at radius 2 is 1.73 bits per heavy atom. The number of alkyl halides is 9. The third-order valence-corrected chi connectivity index (χ3v) is 17.8. The summed E-state index contributed by atoms with van der Waals surface area (Å²) < 4.78 is 121. The SMILES string of the molecule is CN1C(=O)c2ccccc2P2C(CCCl)CNP123OC(C(F)(F)F)C(C(F)(F)C(F)(F)F)O3. The molecule has 4 atom stereocenters. The molecule has 0 saturated carbocycles. The van der Waals surface area contributed by atoms with Gasteiger partial charge in [-0.3, -0.25) is 0 Å². The molecule has 4 rings (SSSR count). The molecule has 0 aromatic heterocycles. The van der Waals surface area contributed by atoms with Gasteiger partial charge in [-0.05, 0) is 0 Å². The molecule has 2 fully saturated rings. The van der Waals surface area contributed by atoms with Crippen molar-refractivity contribution in [1.82, 2.24) is 9.76 Å². The van der Waals surface area contributed by atoms with E-state index in [0.29, 0.717) is 4.67 Å². The predicted octanol–water partition coefficient (Wildman–Crippen LogP) is 5.15. The minimum atomic E-state index is -6.36. The summed E-state index contributed by atoms with van der Waals surface area (Å²) in [7, 11) is -6.62. The van der Waals surface area contributed by atoms with Crippen LogP contribution in [0.2, 0.25) is 0 Å². The third kappa shape index (κ3) is 3.33. The fraction of sp³-hybridized carbons (Fsp3) is 0.588. The van der Waals surface area contributed by atoms with E-state index < -0.39 is 56.7 Å². The van der Waals surface area contributed by atoms with Gasteiger partial charge in [-0.15, -0.1) is 0 Å². The fourth-order valence-electron chi connectivity index (χ4n) is 4.40. The number of rotatable bonds is 3. The fourth-order valence-corrected chi connectivity index (χ4v) is 18.2. The van der Waals surface area contributed by atoms with Gasteiger partial charge in [-0.2, -0.15) is 0 Å². The van der Waals surface area contributed by atoms with Gasteiger partial charge in [0.15, 0.2) is 0 Å². The minimum absolute atomic E-state index is 0.0301. The van der Waals surface area contributed by atoms with Crippen LogP contribution in [0.1, 0.15) is 16.8 Å². The molecular weight excluding hydrogens is 530 g/mol. The summed E-state index contributed by atoms with van der Waals surface area (Å²) >= 11 is 5.85. The van der Waals surface area contributed by atoms with Crippen molar-refractivity contribution < 1.29 is 49.0 Å². The van der Waals surface area contributed by atoms with Crippen molar-refractivity contribution in [2.75, 3.05) is 19.5 Å². The van der Waals surface area contributed by atoms with Crippen LogP contribution in [-0.2, 0) is 9.05 Å². The van der Waals surface area contributed by atoms with E-state index in [0.717, 1.165) is 7.05 Å². The van der Waals surface area contributed by atoms with Crippen molar-refractivity contribution in [3.05, 3.63) is 29.8 Å². The molecule has 5 nitrogen and oxygen atoms in total. The van der Waals surface area contributed by atoms with Crippen LogP contribution in [0.15, 0.2) is 24.3 Å². The maximum atomic E-state index is 14.4. The number of hydrogen-bond donors (Lipinski definition) is 1. The van der Waals surface area contributed by atoms with Gasteiger partial charge in [0.2, 0.25) is 0 Å². The Balaban J connectivity index is 1.98. The first-order valence-electron chi connectivity index (χ1n) is 9.50. The molecule has 4 unspecified atom stereocenters. The average Bonchev–Trinajstić information content (AvgIpc) is 3.25. The van der Waals surface area contributed by atoms with E-state index in [-0.39, 0.29) is 29.7 Å². The number of halogens is 9. The molecule has 16 heteroatoms. The molecular formula is C17H17ClF8N2O3P2. The maximum absolute atomic E-state index is 14.4. The Labute approximate surface area is 188 Å². The van der Waals surface area contributed by atoms with Gasteiger partial charge >= 0.3 is 188 Å². The normalized spacial score (nSPS) is 32.4. The van der Waals surface area contributed by atoms with E-state index in [2.05, 4.69) is 5.09 Å². The van der Waals surface area contributed by atoms with Gasteiger partial charge in [-0.25, -0.2) is 0 Å². The van der Waals surface area contributed by atoms with Crippen LogP contribution < -0.4 is 10.4 Å². The first-order chi connectivity index (χ1) is 15.1. The van der Waals surface area contributed by atoms with Gasteiger partial charge < -0.3 is 0 Å². The predicted molar refractivity (Wildman–Crippen MR) is 106 cm³/mol. The summed E-state index contributed by atoms with van der Waals surface area (Å²) in [6.45, 7) is -0.142. The van der Waals surface area contributed by atoms with Crippen LogP contribution >= 0.6 is 26.3 Å². The zero-order chi connectivity index (χ0) is 24.6. The van der Waals surface area contributed by atoms with Gasteiger partial charge in [0.25, 0.3) is 0 Å². The topological polar surface area (TPSA) is 50.8 Å². The van der Waals surface area contributed by atoms with Crippen LogP contribution in [-0.4, -0.2) is 66.2 Å². The number of carbonyl (C=O) groups excluding carboxylic acids is 1. The van der Waals surface area contributed by atoms with Gasteiger partial charge in [0, 0.05) is 0 Å². The van der Waals surface area contributed by atoms with E-state index >= 15 is 0 Å². The zero-order valence-corrected chi connectivity index (χ0v) is 19.2. The molecule has 0 bridgehead atoms. The Kier molecular flexibility index (Phi) is 5.80. The standard InChI is InChI=1S/C17H17ClF8N2O3P2/c1-28-14(29)10-4-2-3-5-11(10)32-9(6-7-18)8-27-33(28,32)30-12(13(31-33)16(21,22)23)15(19,20)17(24,25)26/h2-5,9,12-13,27H,6-8H2,1H3. The van der Waals surface area contributed by atoms with Crippen molar-refractivity contribution in [3.63, 3.8) is 0 Å². The van der Waals surface area contributed by atoms with Crippen LogP contribution in [0.25, 0.3) is 0 Å². The number of nitrogens with one attached hydrogen (secondary N) is 1. The number of nitrogens with zero attached hydrogens (tertiary/aromatic N) is 1. The summed E-state index contributed by atoms with van der Waals surface area (Å²) in [5.74, 6) is -6.79. The second kappa shape index (κ2) is 7.58. The number of hydrogen-bond acceptors (Lipinski definition) is 4. The van der Waals surface area contributed by atoms with Crippen molar-refractivity contribution in [2.24, 2.45) is 0 Å². The molecule has 33 heavy (non-hydrogen) atoms. The van der Waals surface area contributed by atoms with E-state index in [1.54, 1.807) is 0 Å². The molecule has 2 saturated heterocycles. The Bertz CT molecular complexity index is 982. The van der Waals surface area contributed by atoms with Crippen LogP contribution in [0.3, 0.4) is 0 Å². The van der Waals surface area contributed by atoms with Gasteiger partial charge in [-0.1, -0.05) is 0 Å². The molecule has 1 spiro atoms. The van der Waals surface area contributed by atoms with Gasteiger partial charge in [0.05, 0.1) is 0 Å². The van der Waals surface area contributed by atoms with Crippen molar-refractivity contribution in [2.45, 2.75) is 42.6 Å². The van der Waals surface area contributed by atoms with Crippen LogP contribution in [0.4, 0.5) is 35.1 Å². The van der Waals surface area contributed by atoms with Crippen molar-refractivity contribution in [1.29, 1.82) is 0 Å². The monoisotopic (exact) mass is 546 g/mol. The summed E-state index contributed by atoms with van der Waals surface area (Å²) in [5.41, 5.74) is -0.509. The second-order valence-electron chi connectivity index (χ2n) is 7.77. The molecule has 0 radical (unpaired) electrons. The van der Waals surface area contributed by atoms with Gasteiger partial charge in [0.1, 0.15) is 0 Å². The summed E-state index contributed by atoms with van der Waals surface area (Å²) in [5, 5.41) is 2.83. The Morgan fingerprint density at radius 3 is 2.30 bits per heavy atom. The molecule has 1 N–H and O–H groups in total. The number of amides is 1. The van der Waals surface area contributed by atoms with E-state index in [1.807, 2.05) is 0 Å². The Morgan fingerprint density at radius 1 is 1.12 bits per heavy atom. The zero-order valence-electron chi connectivity index (χ0n) is 16.6. The van der Waals surface area contributed by atoms with Crippen molar-refractivity contribution in [3.8, 4) is 0 Å². The average molecular weight is 547 g/mol. The third-order valence-electron chi connectivity index (χ3n) is 5.91. The summed E-state index contributed by atoms with van der Waals surface area (Å²) in [6, 6.07) is 5.82. The first-order valence-corrected chi connectivity index (χ1v) is 14.2. The van der Waals surface area contributed by atoms with E-state index in [1.165, 1.54) is 24.3 Å². The molecule has 0 aliphatic carbocycles. The first kappa shape index (κ1) is 25.3. The summed E-state index contributed by atoms with van der Waals surface area (Å²) in [4.78, 5) is 13.1. The van der Waals surface area contributed by atoms with E-state index in [4.69, 9.17) is 20.6 Å². The molecule has 3 aliphatic rings. The second-order valence-corrected chi connectivity index (χ2v) is 16.5. The van der Waals surface area contributed by atoms with E-state index in [9.17, 15) is 39.9 Å². The number of carbonyl (C=O) groups is 1. The molecule has 186 valence electrons. The molecule has 3 heterocycles. The van der Waals surface area contributed by atoms with Crippen molar-refractivity contribution >= 4 is 37.5 Å². The van der Waals surface area contributed by atoms with Crippen LogP contribution in [0, 0.1) is 0 Å². The summed E-state index contributed by atoms with van der Waals surface area (Å²) in [6.07, 6.45) is -19.2. The molecule has 3 aliphatic heterocycles. The molecule has 1 aromatic rings. The number of fused-ring (bicyclic) bond motifs is 2. The Hall–Kier alpha value is -0.840. The quantitative estimate of drug-likeness (QED) is 0.324. The number of benzene rings is 1.